The van der Waals surface area contributed by atoms with Crippen LogP contribution in [0.3, 0.4) is 0 Å². The first kappa shape index (κ1) is 22.9. The molecule has 4 nitrogen and oxygen atoms in total. The van der Waals surface area contributed by atoms with Gasteiger partial charge in [0.2, 0.25) is 0 Å². The van der Waals surface area contributed by atoms with Gasteiger partial charge < -0.3 is 4.42 Å². The van der Waals surface area contributed by atoms with Crippen molar-refractivity contribution in [2.45, 2.75) is 19.3 Å². The van der Waals surface area contributed by atoms with Crippen molar-refractivity contribution in [3.05, 3.63) is 139 Å². The summed E-state index contributed by atoms with van der Waals surface area (Å²) in [5.41, 5.74) is 11.0. The summed E-state index contributed by atoms with van der Waals surface area (Å²) in [6.07, 6.45) is 0. The van der Waals surface area contributed by atoms with Crippen LogP contribution in [0.4, 0.5) is 17.2 Å². The second-order valence-corrected chi connectivity index (χ2v) is 10.9. The van der Waals surface area contributed by atoms with Crippen LogP contribution < -0.4 is 4.90 Å². The van der Waals surface area contributed by atoms with E-state index < -0.39 is 0 Å². The van der Waals surface area contributed by atoms with Crippen LogP contribution in [0.1, 0.15) is 25.0 Å². The molecule has 0 spiro atoms. The summed E-state index contributed by atoms with van der Waals surface area (Å²) in [6, 6.07) is 44.6. The Hall–Kier alpha value is -5.09. The third kappa shape index (κ3) is 3.23. The Morgan fingerprint density at radius 2 is 1.27 bits per heavy atom. The van der Waals surface area contributed by atoms with E-state index in [1.165, 1.54) is 22.3 Å². The summed E-state index contributed by atoms with van der Waals surface area (Å²) in [4.78, 5) is 7.45. The minimum atomic E-state index is -0.105. The van der Waals surface area contributed by atoms with E-state index in [0.717, 1.165) is 39.5 Å². The Labute approximate surface area is 232 Å². The number of para-hydroxylation sites is 4. The molecule has 4 heteroatoms. The number of nitrogens with zero attached hydrogens (tertiary/aromatic N) is 3. The van der Waals surface area contributed by atoms with Crippen molar-refractivity contribution < 1.29 is 4.42 Å². The highest BCUT2D eigenvalue weighted by molar-refractivity contribution is 5.92. The number of fused-ring (bicyclic) bond motifs is 6. The average molecular weight is 518 g/mol. The largest absolute Gasteiger partial charge is 0.423 e. The van der Waals surface area contributed by atoms with Gasteiger partial charge >= 0.3 is 5.84 Å². The van der Waals surface area contributed by atoms with Crippen molar-refractivity contribution >= 4 is 34.1 Å². The first-order chi connectivity index (χ1) is 19.6. The smallest absolute Gasteiger partial charge is 0.309 e. The molecule has 0 saturated carbocycles. The lowest BCUT2D eigenvalue weighted by Gasteiger charge is -2.26. The number of hydrogen-bond acceptors (Lipinski definition) is 3. The average Bonchev–Trinajstić information content (AvgIpc) is 3.61. The van der Waals surface area contributed by atoms with Crippen LogP contribution in [0, 0.1) is 0 Å². The van der Waals surface area contributed by atoms with E-state index in [2.05, 4.69) is 120 Å². The van der Waals surface area contributed by atoms with Gasteiger partial charge in [0.15, 0.2) is 11.4 Å². The molecule has 0 amide bonds. The zero-order chi connectivity index (χ0) is 26.8. The van der Waals surface area contributed by atoms with Gasteiger partial charge in [0.25, 0.3) is 0 Å². The van der Waals surface area contributed by atoms with Crippen LogP contribution in [-0.4, -0.2) is 9.38 Å². The van der Waals surface area contributed by atoms with Crippen molar-refractivity contribution in [2.24, 2.45) is 0 Å². The Morgan fingerprint density at radius 1 is 0.650 bits per heavy atom. The second kappa shape index (κ2) is 8.45. The number of aromatic nitrogens is 2. The van der Waals surface area contributed by atoms with Gasteiger partial charge in [0, 0.05) is 22.4 Å². The molecule has 1 aliphatic carbocycles. The Bertz CT molecular complexity index is 1990. The van der Waals surface area contributed by atoms with Gasteiger partial charge in [-0.05, 0) is 64.7 Å². The minimum absolute atomic E-state index is 0.105. The van der Waals surface area contributed by atoms with E-state index >= 15 is 0 Å². The molecule has 0 fully saturated rings. The molecule has 0 aliphatic heterocycles. The van der Waals surface area contributed by atoms with E-state index in [9.17, 15) is 0 Å². The lowest BCUT2D eigenvalue weighted by atomic mass is 9.82. The van der Waals surface area contributed by atoms with Crippen LogP contribution in [0.2, 0.25) is 0 Å². The molecule has 2 heterocycles. The molecule has 2 aromatic heterocycles. The first-order valence-electron chi connectivity index (χ1n) is 13.7. The van der Waals surface area contributed by atoms with Gasteiger partial charge in [-0.2, -0.15) is 4.98 Å². The predicted octanol–water partition coefficient (Wildman–Crippen LogP) is 9.52. The molecule has 0 N–H and O–H groups in total. The SMILES string of the molecule is CC1(C)c2ccccc2-c2ccc(-c3nc4oc5ccccc5n4c3N(c3ccccc3)c3ccccc3)cc21. The molecule has 0 atom stereocenters. The van der Waals surface area contributed by atoms with E-state index in [1.54, 1.807) is 0 Å². The van der Waals surface area contributed by atoms with Crippen LogP contribution in [0.5, 0.6) is 0 Å². The molecule has 5 aromatic carbocycles. The third-order valence-electron chi connectivity index (χ3n) is 8.23. The maximum atomic E-state index is 6.33. The fourth-order valence-electron chi connectivity index (χ4n) is 6.30. The predicted molar refractivity (Wildman–Crippen MR) is 163 cm³/mol. The normalized spacial score (nSPS) is 13.4. The minimum Gasteiger partial charge on any atom is -0.423 e. The zero-order valence-electron chi connectivity index (χ0n) is 22.4. The summed E-state index contributed by atoms with van der Waals surface area (Å²) < 4.78 is 8.48. The number of hydrogen-bond donors (Lipinski definition) is 0. The quantitative estimate of drug-likeness (QED) is 0.233. The Balaban J connectivity index is 1.44. The maximum absolute atomic E-state index is 6.33. The summed E-state index contributed by atoms with van der Waals surface area (Å²) in [7, 11) is 0. The van der Waals surface area contributed by atoms with Crippen molar-refractivity contribution in [1.82, 2.24) is 9.38 Å². The number of benzene rings is 5. The molecule has 1 aliphatic rings. The van der Waals surface area contributed by atoms with Gasteiger partial charge in [-0.25, -0.2) is 4.40 Å². The number of oxazole rings is 1. The fourth-order valence-corrected chi connectivity index (χ4v) is 6.30. The van der Waals surface area contributed by atoms with Gasteiger partial charge in [-0.15, -0.1) is 0 Å². The van der Waals surface area contributed by atoms with Crippen molar-refractivity contribution in [3.8, 4) is 22.4 Å². The number of imidazole rings is 1. The van der Waals surface area contributed by atoms with Gasteiger partial charge in [-0.1, -0.05) is 98.8 Å². The summed E-state index contributed by atoms with van der Waals surface area (Å²) in [5, 5.41) is 0. The standard InChI is InChI=1S/C36H27N3O/c1-36(2)29-18-10-9-17-27(29)28-22-21-24(23-30(28)36)33-34(39-31-19-11-12-20-32(31)40-35(39)37-33)38(25-13-5-3-6-14-25)26-15-7-4-8-16-26/h3-23H,1-2H3. The Morgan fingerprint density at radius 3 is 2.02 bits per heavy atom. The molecule has 192 valence electrons. The molecule has 40 heavy (non-hydrogen) atoms. The van der Waals surface area contributed by atoms with Crippen LogP contribution in [0.15, 0.2) is 132 Å². The number of rotatable bonds is 4. The van der Waals surface area contributed by atoms with Gasteiger partial charge in [0.1, 0.15) is 5.69 Å². The van der Waals surface area contributed by atoms with Crippen molar-refractivity contribution in [1.29, 1.82) is 0 Å². The van der Waals surface area contributed by atoms with Crippen LogP contribution in [0.25, 0.3) is 39.3 Å². The molecule has 0 unspecified atom stereocenters. The van der Waals surface area contributed by atoms with Crippen molar-refractivity contribution in [3.63, 3.8) is 0 Å². The molecule has 0 bridgehead atoms. The third-order valence-corrected chi connectivity index (χ3v) is 8.23. The maximum Gasteiger partial charge on any atom is 0.309 e. The summed E-state index contributed by atoms with van der Waals surface area (Å²) in [6.45, 7) is 4.63. The molecule has 0 radical (unpaired) electrons. The lowest BCUT2D eigenvalue weighted by molar-refractivity contribution is 0.642. The van der Waals surface area contributed by atoms with Gasteiger partial charge in [0.05, 0.1) is 5.52 Å². The van der Waals surface area contributed by atoms with E-state index in [1.807, 2.05) is 30.3 Å². The van der Waals surface area contributed by atoms with Crippen LogP contribution in [-0.2, 0) is 5.41 Å². The van der Waals surface area contributed by atoms with Crippen molar-refractivity contribution in [2.75, 3.05) is 4.90 Å². The molecule has 7 aromatic rings. The molecule has 0 saturated heterocycles. The first-order valence-corrected chi connectivity index (χ1v) is 13.7. The molecular formula is C36H27N3O. The lowest BCUT2D eigenvalue weighted by Crippen LogP contribution is -2.15. The molecular weight excluding hydrogens is 490 g/mol. The zero-order valence-corrected chi connectivity index (χ0v) is 22.4. The van der Waals surface area contributed by atoms with E-state index in [0.29, 0.717) is 5.84 Å². The summed E-state index contributed by atoms with van der Waals surface area (Å²) >= 11 is 0. The number of anilines is 3. The highest BCUT2D eigenvalue weighted by atomic mass is 16.4. The second-order valence-electron chi connectivity index (χ2n) is 10.9. The summed E-state index contributed by atoms with van der Waals surface area (Å²) in [5.74, 6) is 1.52. The highest BCUT2D eigenvalue weighted by Crippen LogP contribution is 2.50. The van der Waals surface area contributed by atoms with E-state index in [4.69, 9.17) is 9.40 Å². The topological polar surface area (TPSA) is 33.7 Å². The monoisotopic (exact) mass is 517 g/mol. The van der Waals surface area contributed by atoms with E-state index in [-0.39, 0.29) is 5.41 Å². The van der Waals surface area contributed by atoms with Crippen LogP contribution >= 0.6 is 0 Å². The Kier molecular flexibility index (Phi) is 4.83. The van der Waals surface area contributed by atoms with Gasteiger partial charge in [-0.3, -0.25) is 4.90 Å². The highest BCUT2D eigenvalue weighted by Gasteiger charge is 2.36. The molecule has 8 rings (SSSR count). The fraction of sp³-hybridized carbons (Fsp3) is 0.0833.